The van der Waals surface area contributed by atoms with Gasteiger partial charge in [0.1, 0.15) is 17.2 Å². The maximum atomic E-state index is 15.2. The Morgan fingerprint density at radius 2 is 2.09 bits per heavy atom. The summed E-state index contributed by atoms with van der Waals surface area (Å²) in [4.78, 5) is 21.4. The summed E-state index contributed by atoms with van der Waals surface area (Å²) < 4.78 is 16.9. The first-order chi connectivity index (χ1) is 15.5. The zero-order chi connectivity index (χ0) is 22.8. The molecule has 0 spiro atoms. The predicted molar refractivity (Wildman–Crippen MR) is 123 cm³/mol. The van der Waals surface area contributed by atoms with Crippen LogP contribution in [0.5, 0.6) is 0 Å². The fourth-order valence-electron chi connectivity index (χ4n) is 3.84. The van der Waals surface area contributed by atoms with E-state index in [1.54, 1.807) is 10.7 Å². The number of aryl methyl sites for hydroxylation is 1. The van der Waals surface area contributed by atoms with E-state index >= 15 is 4.39 Å². The van der Waals surface area contributed by atoms with Gasteiger partial charge < -0.3 is 16.0 Å². The summed E-state index contributed by atoms with van der Waals surface area (Å²) in [6.45, 7) is 7.65. The molecule has 0 aliphatic heterocycles. The largest absolute Gasteiger partial charge is 0.365 e. The molecular formula is C23H30FN7O. The molecule has 1 aliphatic carbocycles. The van der Waals surface area contributed by atoms with Gasteiger partial charge in [-0.3, -0.25) is 4.79 Å². The number of hydrogen-bond donors (Lipinski definition) is 3. The minimum absolute atomic E-state index is 0.0357. The number of nitrogens with zero attached hydrogens (tertiary/aromatic N) is 4. The molecule has 1 unspecified atom stereocenters. The standard InChI is InChI=1S/C23H30FN7O/c1-5-15(11-26-6-2)28-22-16(23(32)25-4)10-17(24)21(29-22)18-12-27-19-9-13(3)20(14-7-8-14)30-31(18)19/h9-10,12,14-15,26H,5-8,11H2,1-4H3,(H,25,32)(H,28,29). The number of pyridine rings is 1. The van der Waals surface area contributed by atoms with E-state index in [1.165, 1.54) is 13.1 Å². The van der Waals surface area contributed by atoms with Gasteiger partial charge in [0.2, 0.25) is 0 Å². The molecule has 170 valence electrons. The molecule has 0 radical (unpaired) electrons. The minimum Gasteiger partial charge on any atom is -0.365 e. The Bertz CT molecular complexity index is 1140. The molecule has 4 rings (SSSR count). The quantitative estimate of drug-likeness (QED) is 0.474. The van der Waals surface area contributed by atoms with Gasteiger partial charge in [0, 0.05) is 25.6 Å². The van der Waals surface area contributed by atoms with Crippen molar-refractivity contribution in [1.29, 1.82) is 0 Å². The first-order valence-electron chi connectivity index (χ1n) is 11.2. The molecule has 3 heterocycles. The molecule has 1 atom stereocenters. The van der Waals surface area contributed by atoms with Crippen molar-refractivity contribution >= 4 is 17.4 Å². The van der Waals surface area contributed by atoms with Crippen LogP contribution < -0.4 is 16.0 Å². The lowest BCUT2D eigenvalue weighted by Crippen LogP contribution is -2.34. The van der Waals surface area contributed by atoms with Crippen molar-refractivity contribution in [3.05, 3.63) is 41.0 Å². The van der Waals surface area contributed by atoms with Crippen LogP contribution in [0.25, 0.3) is 17.0 Å². The van der Waals surface area contributed by atoms with Gasteiger partial charge >= 0.3 is 0 Å². The lowest BCUT2D eigenvalue weighted by molar-refractivity contribution is 0.0963. The van der Waals surface area contributed by atoms with Gasteiger partial charge in [-0.1, -0.05) is 13.8 Å². The van der Waals surface area contributed by atoms with Gasteiger partial charge in [-0.05, 0) is 50.4 Å². The second-order valence-electron chi connectivity index (χ2n) is 8.25. The van der Waals surface area contributed by atoms with Crippen LogP contribution >= 0.6 is 0 Å². The maximum Gasteiger partial charge on any atom is 0.254 e. The average Bonchev–Trinajstić information content (AvgIpc) is 3.56. The van der Waals surface area contributed by atoms with Gasteiger partial charge in [0.15, 0.2) is 11.5 Å². The van der Waals surface area contributed by atoms with Crippen LogP contribution in [-0.2, 0) is 0 Å². The first-order valence-corrected chi connectivity index (χ1v) is 11.2. The van der Waals surface area contributed by atoms with Crippen LogP contribution in [0.1, 0.15) is 60.6 Å². The van der Waals surface area contributed by atoms with Crippen molar-refractivity contribution in [2.75, 3.05) is 25.5 Å². The smallest absolute Gasteiger partial charge is 0.254 e. The van der Waals surface area contributed by atoms with E-state index in [0.29, 0.717) is 29.6 Å². The number of carbonyl (C=O) groups excluding carboxylic acids is 1. The van der Waals surface area contributed by atoms with Crippen molar-refractivity contribution in [3.8, 4) is 11.4 Å². The Balaban J connectivity index is 1.80. The van der Waals surface area contributed by atoms with Crippen LogP contribution in [0.3, 0.4) is 0 Å². The second-order valence-corrected chi connectivity index (χ2v) is 8.25. The molecule has 1 fully saturated rings. The molecule has 0 aromatic carbocycles. The molecule has 3 aromatic heterocycles. The van der Waals surface area contributed by atoms with E-state index in [-0.39, 0.29) is 17.3 Å². The van der Waals surface area contributed by atoms with Gasteiger partial charge in [0.25, 0.3) is 5.91 Å². The van der Waals surface area contributed by atoms with Crippen molar-refractivity contribution < 1.29 is 9.18 Å². The summed E-state index contributed by atoms with van der Waals surface area (Å²) in [6, 6.07) is 3.25. The highest BCUT2D eigenvalue weighted by Crippen LogP contribution is 2.40. The van der Waals surface area contributed by atoms with E-state index in [4.69, 9.17) is 5.10 Å². The van der Waals surface area contributed by atoms with Gasteiger partial charge in [0.05, 0.1) is 17.5 Å². The summed E-state index contributed by atoms with van der Waals surface area (Å²) in [5.74, 6) is -0.190. The number of amides is 1. The number of carbonyl (C=O) groups is 1. The number of rotatable bonds is 9. The van der Waals surface area contributed by atoms with Gasteiger partial charge in [-0.25, -0.2) is 18.9 Å². The highest BCUT2D eigenvalue weighted by Gasteiger charge is 2.28. The number of likely N-dealkylation sites (N-methyl/N-ethyl adjacent to an activating group) is 1. The Morgan fingerprint density at radius 3 is 2.75 bits per heavy atom. The van der Waals surface area contributed by atoms with E-state index in [2.05, 4.69) is 32.8 Å². The minimum atomic E-state index is -0.592. The number of hydrogen-bond acceptors (Lipinski definition) is 6. The molecule has 0 bridgehead atoms. The SMILES string of the molecule is CCNCC(CC)Nc1nc(-c2cnc3cc(C)c(C4CC4)nn23)c(F)cc1C(=O)NC. The number of anilines is 1. The maximum absolute atomic E-state index is 15.2. The third kappa shape index (κ3) is 4.29. The summed E-state index contributed by atoms with van der Waals surface area (Å²) in [7, 11) is 1.52. The van der Waals surface area contributed by atoms with Crippen LogP contribution in [0, 0.1) is 12.7 Å². The highest BCUT2D eigenvalue weighted by molar-refractivity contribution is 5.99. The first kappa shape index (κ1) is 22.1. The number of imidazole rings is 1. The van der Waals surface area contributed by atoms with Crippen molar-refractivity contribution in [2.45, 2.75) is 52.0 Å². The Morgan fingerprint density at radius 1 is 1.31 bits per heavy atom. The number of halogens is 1. The fourth-order valence-corrected chi connectivity index (χ4v) is 3.84. The predicted octanol–water partition coefficient (Wildman–Crippen LogP) is 3.28. The summed E-state index contributed by atoms with van der Waals surface area (Å²) in [5, 5.41) is 14.0. The summed E-state index contributed by atoms with van der Waals surface area (Å²) >= 11 is 0. The van der Waals surface area contributed by atoms with E-state index in [9.17, 15) is 4.79 Å². The number of aromatic nitrogens is 4. The fraction of sp³-hybridized carbons (Fsp3) is 0.478. The monoisotopic (exact) mass is 439 g/mol. The number of nitrogens with one attached hydrogen (secondary N) is 3. The molecule has 8 nitrogen and oxygen atoms in total. The number of fused-ring (bicyclic) bond motifs is 1. The van der Waals surface area contributed by atoms with Gasteiger partial charge in [-0.15, -0.1) is 0 Å². The second kappa shape index (κ2) is 9.20. The summed E-state index contributed by atoms with van der Waals surface area (Å²) in [6.07, 6.45) is 4.64. The molecule has 9 heteroatoms. The molecule has 3 N–H and O–H groups in total. The third-order valence-electron chi connectivity index (χ3n) is 5.85. The molecule has 1 amide bonds. The Kier molecular flexibility index (Phi) is 6.36. The highest BCUT2D eigenvalue weighted by atomic mass is 19.1. The molecule has 3 aromatic rings. The zero-order valence-electron chi connectivity index (χ0n) is 19.0. The van der Waals surface area contributed by atoms with Crippen molar-refractivity contribution in [3.63, 3.8) is 0 Å². The van der Waals surface area contributed by atoms with Crippen molar-refractivity contribution in [1.82, 2.24) is 30.2 Å². The van der Waals surface area contributed by atoms with Crippen molar-refractivity contribution in [2.24, 2.45) is 0 Å². The Hall–Kier alpha value is -3.07. The Labute approximate surface area is 187 Å². The molecule has 0 saturated heterocycles. The summed E-state index contributed by atoms with van der Waals surface area (Å²) in [5.41, 5.74) is 3.51. The lowest BCUT2D eigenvalue weighted by Gasteiger charge is -2.20. The van der Waals surface area contributed by atoms with Crippen LogP contribution in [0.4, 0.5) is 10.2 Å². The third-order valence-corrected chi connectivity index (χ3v) is 5.85. The molecule has 1 aliphatic rings. The topological polar surface area (TPSA) is 96.2 Å². The lowest BCUT2D eigenvalue weighted by atomic mass is 10.1. The average molecular weight is 440 g/mol. The van der Waals surface area contributed by atoms with Crippen LogP contribution in [0.15, 0.2) is 18.3 Å². The van der Waals surface area contributed by atoms with E-state index in [0.717, 1.165) is 37.1 Å². The van der Waals surface area contributed by atoms with Gasteiger partial charge in [-0.2, -0.15) is 5.10 Å². The van der Waals surface area contributed by atoms with E-state index in [1.807, 2.05) is 19.9 Å². The zero-order valence-corrected chi connectivity index (χ0v) is 19.0. The van der Waals surface area contributed by atoms with E-state index < -0.39 is 11.7 Å². The molecule has 32 heavy (non-hydrogen) atoms. The normalized spacial score (nSPS) is 14.5. The molecular weight excluding hydrogens is 409 g/mol. The van der Waals surface area contributed by atoms with Crippen LogP contribution in [-0.4, -0.2) is 51.7 Å². The molecule has 1 saturated carbocycles. The van der Waals surface area contributed by atoms with Crippen LogP contribution in [0.2, 0.25) is 0 Å².